The van der Waals surface area contributed by atoms with Gasteiger partial charge in [-0.15, -0.1) is 0 Å². The molecule has 0 radical (unpaired) electrons. The zero-order valence-electron chi connectivity index (χ0n) is 9.88. The van der Waals surface area contributed by atoms with Gasteiger partial charge < -0.3 is 11.5 Å². The third-order valence-electron chi connectivity index (χ3n) is 2.50. The van der Waals surface area contributed by atoms with Crippen LogP contribution in [0.3, 0.4) is 0 Å². The number of nitrogen functional groups attached to an aromatic ring is 1. The first-order chi connectivity index (χ1) is 8.08. The molecule has 0 fully saturated rings. The van der Waals surface area contributed by atoms with Gasteiger partial charge in [0, 0.05) is 24.2 Å². The molecule has 0 amide bonds. The van der Waals surface area contributed by atoms with Crippen LogP contribution < -0.4 is 11.5 Å². The maximum absolute atomic E-state index is 6.09. The minimum atomic E-state index is -0.442. The SMILES string of the molecule is Cc1cnc(C(N)c2cc(C)cnc2N)nc1. The van der Waals surface area contributed by atoms with E-state index < -0.39 is 6.04 Å². The molecule has 0 aliphatic carbocycles. The Balaban J connectivity index is 2.39. The van der Waals surface area contributed by atoms with Crippen molar-refractivity contribution in [1.29, 1.82) is 0 Å². The van der Waals surface area contributed by atoms with Crippen molar-refractivity contribution in [2.45, 2.75) is 19.9 Å². The number of hydrogen-bond donors (Lipinski definition) is 2. The topological polar surface area (TPSA) is 90.7 Å². The minimum Gasteiger partial charge on any atom is -0.383 e. The minimum absolute atomic E-state index is 0.423. The van der Waals surface area contributed by atoms with Crippen LogP contribution in [-0.2, 0) is 0 Å². The average molecular weight is 229 g/mol. The average Bonchev–Trinajstić information content (AvgIpc) is 2.32. The van der Waals surface area contributed by atoms with Crippen LogP contribution in [0.15, 0.2) is 24.7 Å². The molecule has 1 atom stereocenters. The number of aromatic nitrogens is 3. The normalized spacial score (nSPS) is 12.4. The monoisotopic (exact) mass is 229 g/mol. The second kappa shape index (κ2) is 4.47. The van der Waals surface area contributed by atoms with Gasteiger partial charge in [-0.1, -0.05) is 0 Å². The Labute approximate surface area is 99.9 Å². The maximum Gasteiger partial charge on any atom is 0.149 e. The molecule has 0 saturated heterocycles. The first-order valence-electron chi connectivity index (χ1n) is 5.34. The molecule has 5 nitrogen and oxygen atoms in total. The molecular weight excluding hydrogens is 214 g/mol. The lowest BCUT2D eigenvalue weighted by atomic mass is 10.1. The lowest BCUT2D eigenvalue weighted by molar-refractivity contribution is 0.775. The number of anilines is 1. The van der Waals surface area contributed by atoms with Gasteiger partial charge in [0.25, 0.3) is 0 Å². The summed E-state index contributed by atoms with van der Waals surface area (Å²) in [5.41, 5.74) is 14.7. The molecule has 2 aromatic rings. The maximum atomic E-state index is 6.09. The smallest absolute Gasteiger partial charge is 0.149 e. The molecule has 17 heavy (non-hydrogen) atoms. The van der Waals surface area contributed by atoms with Crippen LogP contribution in [0.1, 0.15) is 28.6 Å². The molecule has 0 aliphatic rings. The van der Waals surface area contributed by atoms with E-state index >= 15 is 0 Å². The lowest BCUT2D eigenvalue weighted by Crippen LogP contribution is -2.17. The Bertz CT molecular complexity index is 521. The van der Waals surface area contributed by atoms with Crippen LogP contribution >= 0.6 is 0 Å². The fraction of sp³-hybridized carbons (Fsp3) is 0.250. The van der Waals surface area contributed by atoms with Gasteiger partial charge in [0.1, 0.15) is 11.6 Å². The van der Waals surface area contributed by atoms with E-state index in [4.69, 9.17) is 11.5 Å². The van der Waals surface area contributed by atoms with E-state index in [0.29, 0.717) is 11.6 Å². The zero-order valence-corrected chi connectivity index (χ0v) is 9.88. The molecule has 2 heterocycles. The molecule has 2 aromatic heterocycles. The molecule has 0 saturated carbocycles. The number of hydrogen-bond acceptors (Lipinski definition) is 5. The van der Waals surface area contributed by atoms with E-state index in [1.165, 1.54) is 0 Å². The van der Waals surface area contributed by atoms with E-state index in [-0.39, 0.29) is 0 Å². The van der Waals surface area contributed by atoms with Crippen molar-refractivity contribution in [2.24, 2.45) is 5.73 Å². The highest BCUT2D eigenvalue weighted by Gasteiger charge is 2.15. The van der Waals surface area contributed by atoms with E-state index in [1.807, 2.05) is 19.9 Å². The van der Waals surface area contributed by atoms with Crippen LogP contribution in [-0.4, -0.2) is 15.0 Å². The van der Waals surface area contributed by atoms with Crippen molar-refractivity contribution in [1.82, 2.24) is 15.0 Å². The van der Waals surface area contributed by atoms with Gasteiger partial charge in [0.2, 0.25) is 0 Å². The Kier molecular flexibility index (Phi) is 3.01. The second-order valence-electron chi connectivity index (χ2n) is 4.08. The first-order valence-corrected chi connectivity index (χ1v) is 5.34. The quantitative estimate of drug-likeness (QED) is 0.805. The molecule has 4 N–H and O–H groups in total. The van der Waals surface area contributed by atoms with Gasteiger partial charge in [0.15, 0.2) is 0 Å². The summed E-state index contributed by atoms with van der Waals surface area (Å²) in [6.45, 7) is 3.87. The number of nitrogens with zero attached hydrogens (tertiary/aromatic N) is 3. The molecule has 1 unspecified atom stereocenters. The van der Waals surface area contributed by atoms with Crippen molar-refractivity contribution >= 4 is 5.82 Å². The van der Waals surface area contributed by atoms with Gasteiger partial charge in [-0.25, -0.2) is 15.0 Å². The molecule has 0 spiro atoms. The summed E-state index contributed by atoms with van der Waals surface area (Å²) in [4.78, 5) is 12.5. The summed E-state index contributed by atoms with van der Waals surface area (Å²) in [5, 5.41) is 0. The summed E-state index contributed by atoms with van der Waals surface area (Å²) in [5.74, 6) is 0.974. The van der Waals surface area contributed by atoms with E-state index in [1.54, 1.807) is 18.6 Å². The van der Waals surface area contributed by atoms with E-state index in [9.17, 15) is 0 Å². The highest BCUT2D eigenvalue weighted by atomic mass is 14.9. The Hall–Kier alpha value is -2.01. The predicted molar refractivity (Wildman–Crippen MR) is 66.2 cm³/mol. The van der Waals surface area contributed by atoms with Crippen LogP contribution in [0.5, 0.6) is 0 Å². The summed E-state index contributed by atoms with van der Waals surface area (Å²) < 4.78 is 0. The number of nitrogens with two attached hydrogens (primary N) is 2. The third-order valence-corrected chi connectivity index (χ3v) is 2.50. The van der Waals surface area contributed by atoms with Crippen molar-refractivity contribution in [2.75, 3.05) is 5.73 Å². The summed E-state index contributed by atoms with van der Waals surface area (Å²) in [6, 6.07) is 1.47. The zero-order chi connectivity index (χ0) is 12.4. The second-order valence-corrected chi connectivity index (χ2v) is 4.08. The molecule has 0 aromatic carbocycles. The third kappa shape index (κ3) is 2.39. The van der Waals surface area contributed by atoms with Crippen LogP contribution in [0.25, 0.3) is 0 Å². The van der Waals surface area contributed by atoms with Gasteiger partial charge in [-0.3, -0.25) is 0 Å². The number of aryl methyl sites for hydroxylation is 2. The van der Waals surface area contributed by atoms with E-state index in [0.717, 1.165) is 16.7 Å². The molecule has 5 heteroatoms. The Morgan fingerprint density at radius 1 is 1.00 bits per heavy atom. The van der Waals surface area contributed by atoms with Gasteiger partial charge in [-0.05, 0) is 31.0 Å². The highest BCUT2D eigenvalue weighted by Crippen LogP contribution is 2.21. The van der Waals surface area contributed by atoms with Gasteiger partial charge in [0.05, 0.1) is 6.04 Å². The first kappa shape index (κ1) is 11.5. The molecule has 0 aliphatic heterocycles. The fourth-order valence-corrected chi connectivity index (χ4v) is 1.55. The highest BCUT2D eigenvalue weighted by molar-refractivity contribution is 5.44. The summed E-state index contributed by atoms with van der Waals surface area (Å²) in [7, 11) is 0. The largest absolute Gasteiger partial charge is 0.383 e. The van der Waals surface area contributed by atoms with Crippen molar-refractivity contribution in [3.05, 3.63) is 47.2 Å². The Morgan fingerprint density at radius 3 is 2.24 bits per heavy atom. The lowest BCUT2D eigenvalue weighted by Gasteiger charge is -2.13. The molecule has 0 bridgehead atoms. The molecule has 88 valence electrons. The number of rotatable bonds is 2. The fourth-order valence-electron chi connectivity index (χ4n) is 1.55. The van der Waals surface area contributed by atoms with Crippen molar-refractivity contribution in [3.8, 4) is 0 Å². The van der Waals surface area contributed by atoms with Gasteiger partial charge >= 0.3 is 0 Å². The molecular formula is C12H15N5. The molecule has 2 rings (SSSR count). The van der Waals surface area contributed by atoms with Gasteiger partial charge in [-0.2, -0.15) is 0 Å². The van der Waals surface area contributed by atoms with E-state index in [2.05, 4.69) is 15.0 Å². The van der Waals surface area contributed by atoms with Crippen molar-refractivity contribution < 1.29 is 0 Å². The van der Waals surface area contributed by atoms with Crippen LogP contribution in [0, 0.1) is 13.8 Å². The summed E-state index contributed by atoms with van der Waals surface area (Å²) in [6.07, 6.45) is 5.19. The Morgan fingerprint density at radius 2 is 1.59 bits per heavy atom. The van der Waals surface area contributed by atoms with Crippen LogP contribution in [0.2, 0.25) is 0 Å². The summed E-state index contributed by atoms with van der Waals surface area (Å²) >= 11 is 0. The standard InChI is InChI=1S/C12H15N5/c1-7-3-9(11(14)15-4-7)10(13)12-16-5-8(2)6-17-12/h3-6,10H,13H2,1-2H3,(H2,14,15). The predicted octanol–water partition coefficient (Wildman–Crippen LogP) is 1.12. The van der Waals surface area contributed by atoms with Crippen LogP contribution in [0.4, 0.5) is 5.82 Å². The van der Waals surface area contributed by atoms with Crippen molar-refractivity contribution in [3.63, 3.8) is 0 Å². The number of pyridine rings is 1.